The number of benzene rings is 1. The third-order valence-electron chi connectivity index (χ3n) is 2.79. The zero-order chi connectivity index (χ0) is 12.3. The van der Waals surface area contributed by atoms with E-state index in [0.717, 1.165) is 0 Å². The molecule has 0 saturated heterocycles. The predicted octanol–water partition coefficient (Wildman–Crippen LogP) is 2.01. The lowest BCUT2D eigenvalue weighted by Crippen LogP contribution is -2.28. The zero-order valence-electron chi connectivity index (χ0n) is 9.22. The second-order valence-corrected chi connectivity index (χ2v) is 3.94. The van der Waals surface area contributed by atoms with Gasteiger partial charge in [0, 0.05) is 5.56 Å². The number of carboxylic acids is 1. The second-order valence-electron chi connectivity index (χ2n) is 3.94. The Bertz CT molecular complexity index is 376. The van der Waals surface area contributed by atoms with Crippen LogP contribution in [0.2, 0.25) is 0 Å². The minimum Gasteiger partial charge on any atom is -0.481 e. The van der Waals surface area contributed by atoms with Crippen molar-refractivity contribution in [3.8, 4) is 0 Å². The van der Waals surface area contributed by atoms with Crippen LogP contribution >= 0.6 is 0 Å². The van der Waals surface area contributed by atoms with Crippen molar-refractivity contribution in [2.75, 3.05) is 0 Å². The Morgan fingerprint density at radius 3 is 2.31 bits per heavy atom. The fraction of sp³-hybridized carbons (Fsp3) is 0.417. The van der Waals surface area contributed by atoms with E-state index in [1.54, 1.807) is 13.0 Å². The molecule has 0 radical (unpaired) electrons. The highest BCUT2D eigenvalue weighted by Gasteiger charge is 2.31. The highest BCUT2D eigenvalue weighted by molar-refractivity contribution is 5.76. The molecule has 0 aliphatic heterocycles. The van der Waals surface area contributed by atoms with Gasteiger partial charge in [-0.15, -0.1) is 0 Å². The van der Waals surface area contributed by atoms with Crippen molar-refractivity contribution in [3.63, 3.8) is 0 Å². The molecule has 3 atom stereocenters. The van der Waals surface area contributed by atoms with Crippen molar-refractivity contribution in [2.24, 2.45) is 5.92 Å². The number of rotatable bonds is 4. The van der Waals surface area contributed by atoms with Gasteiger partial charge < -0.3 is 10.2 Å². The number of aliphatic carboxylic acids is 1. The summed E-state index contributed by atoms with van der Waals surface area (Å²) in [6.45, 7) is 3.09. The van der Waals surface area contributed by atoms with E-state index in [2.05, 4.69) is 0 Å². The van der Waals surface area contributed by atoms with Crippen LogP contribution in [0.4, 0.5) is 4.39 Å². The van der Waals surface area contributed by atoms with E-state index in [1.807, 2.05) is 0 Å². The van der Waals surface area contributed by atoms with Gasteiger partial charge >= 0.3 is 5.97 Å². The van der Waals surface area contributed by atoms with Crippen molar-refractivity contribution < 1.29 is 19.4 Å². The lowest BCUT2D eigenvalue weighted by atomic mass is 9.84. The molecule has 0 saturated carbocycles. The smallest absolute Gasteiger partial charge is 0.311 e. The molecular formula is C12H15FO3. The summed E-state index contributed by atoms with van der Waals surface area (Å²) in [5.74, 6) is -3.25. The van der Waals surface area contributed by atoms with Gasteiger partial charge in [-0.05, 0) is 18.9 Å². The van der Waals surface area contributed by atoms with Gasteiger partial charge in [-0.1, -0.05) is 25.1 Å². The summed E-state index contributed by atoms with van der Waals surface area (Å²) in [5, 5.41) is 18.5. The van der Waals surface area contributed by atoms with Gasteiger partial charge in [-0.2, -0.15) is 0 Å². The Balaban J connectivity index is 3.13. The van der Waals surface area contributed by atoms with Gasteiger partial charge in [0.1, 0.15) is 5.82 Å². The van der Waals surface area contributed by atoms with Crippen LogP contribution in [0.3, 0.4) is 0 Å². The molecule has 0 fully saturated rings. The van der Waals surface area contributed by atoms with E-state index in [1.165, 1.54) is 25.1 Å². The molecule has 1 aromatic rings. The Kier molecular flexibility index (Phi) is 4.01. The van der Waals surface area contributed by atoms with Crippen LogP contribution in [0.15, 0.2) is 24.3 Å². The summed E-state index contributed by atoms with van der Waals surface area (Å²) in [7, 11) is 0. The van der Waals surface area contributed by atoms with E-state index in [4.69, 9.17) is 5.11 Å². The minimum absolute atomic E-state index is 0.114. The molecule has 0 aromatic heterocycles. The van der Waals surface area contributed by atoms with Gasteiger partial charge in [-0.3, -0.25) is 4.79 Å². The highest BCUT2D eigenvalue weighted by atomic mass is 19.1. The number of carbonyl (C=O) groups is 1. The highest BCUT2D eigenvalue weighted by Crippen LogP contribution is 2.29. The van der Waals surface area contributed by atoms with Crippen LogP contribution in [0.1, 0.15) is 25.3 Å². The average molecular weight is 226 g/mol. The zero-order valence-corrected chi connectivity index (χ0v) is 9.22. The normalized spacial score (nSPS) is 16.5. The fourth-order valence-corrected chi connectivity index (χ4v) is 1.65. The maximum atomic E-state index is 13.5. The van der Waals surface area contributed by atoms with Crippen LogP contribution in [-0.2, 0) is 4.79 Å². The molecule has 0 aliphatic rings. The van der Waals surface area contributed by atoms with Crippen molar-refractivity contribution in [3.05, 3.63) is 35.6 Å². The van der Waals surface area contributed by atoms with Crippen molar-refractivity contribution >= 4 is 5.97 Å². The standard InChI is InChI=1S/C12H15FO3/c1-7(8(2)14)11(12(15)16)9-5-3-4-6-10(9)13/h3-8,11,14H,1-2H3,(H,15,16). The molecule has 2 N–H and O–H groups in total. The molecule has 16 heavy (non-hydrogen) atoms. The molecule has 0 heterocycles. The second kappa shape index (κ2) is 5.07. The van der Waals surface area contributed by atoms with Crippen molar-refractivity contribution in [1.29, 1.82) is 0 Å². The number of aliphatic hydroxyl groups excluding tert-OH is 1. The third kappa shape index (κ3) is 2.58. The first-order valence-electron chi connectivity index (χ1n) is 5.10. The first-order valence-corrected chi connectivity index (χ1v) is 5.10. The largest absolute Gasteiger partial charge is 0.481 e. The maximum absolute atomic E-state index is 13.5. The van der Waals surface area contributed by atoms with Crippen LogP contribution in [0, 0.1) is 11.7 Å². The summed E-state index contributed by atoms with van der Waals surface area (Å²) in [5.41, 5.74) is 0.114. The predicted molar refractivity (Wildman–Crippen MR) is 57.6 cm³/mol. The van der Waals surface area contributed by atoms with Gasteiger partial charge in [0.2, 0.25) is 0 Å². The SMILES string of the molecule is CC(O)C(C)C(C(=O)O)c1ccccc1F. The molecule has 1 rings (SSSR count). The molecule has 0 aliphatic carbocycles. The molecule has 0 amide bonds. The Morgan fingerprint density at radius 2 is 1.88 bits per heavy atom. The Morgan fingerprint density at radius 1 is 1.31 bits per heavy atom. The number of hydrogen-bond acceptors (Lipinski definition) is 2. The molecule has 0 bridgehead atoms. The van der Waals surface area contributed by atoms with E-state index >= 15 is 0 Å². The number of carboxylic acid groups (broad SMARTS) is 1. The summed E-state index contributed by atoms with van der Waals surface area (Å²) in [6.07, 6.45) is -0.805. The van der Waals surface area contributed by atoms with Crippen LogP contribution in [0.25, 0.3) is 0 Å². The molecule has 3 unspecified atom stereocenters. The summed E-state index contributed by atoms with van der Waals surface area (Å²) in [4.78, 5) is 11.1. The van der Waals surface area contributed by atoms with E-state index in [9.17, 15) is 14.3 Å². The maximum Gasteiger partial charge on any atom is 0.311 e. The summed E-state index contributed by atoms with van der Waals surface area (Å²) >= 11 is 0. The van der Waals surface area contributed by atoms with Gasteiger partial charge in [0.15, 0.2) is 0 Å². The quantitative estimate of drug-likeness (QED) is 0.825. The molecule has 88 valence electrons. The fourth-order valence-electron chi connectivity index (χ4n) is 1.65. The lowest BCUT2D eigenvalue weighted by molar-refractivity contribution is -0.141. The topological polar surface area (TPSA) is 57.5 Å². The number of aliphatic hydroxyl groups is 1. The average Bonchev–Trinajstić information content (AvgIpc) is 2.20. The van der Waals surface area contributed by atoms with Crippen LogP contribution in [0.5, 0.6) is 0 Å². The molecule has 3 nitrogen and oxygen atoms in total. The van der Waals surface area contributed by atoms with E-state index in [-0.39, 0.29) is 5.56 Å². The van der Waals surface area contributed by atoms with E-state index < -0.39 is 29.7 Å². The first kappa shape index (κ1) is 12.6. The van der Waals surface area contributed by atoms with E-state index in [0.29, 0.717) is 0 Å². The number of halogens is 1. The third-order valence-corrected chi connectivity index (χ3v) is 2.79. The minimum atomic E-state index is -1.13. The molecular weight excluding hydrogens is 211 g/mol. The van der Waals surface area contributed by atoms with Gasteiger partial charge in [0.25, 0.3) is 0 Å². The molecule has 1 aromatic carbocycles. The Labute approximate surface area is 93.5 Å². The summed E-state index contributed by atoms with van der Waals surface area (Å²) in [6, 6.07) is 5.75. The molecule has 4 heteroatoms. The van der Waals surface area contributed by atoms with Crippen molar-refractivity contribution in [1.82, 2.24) is 0 Å². The molecule has 0 spiro atoms. The number of hydrogen-bond donors (Lipinski definition) is 2. The van der Waals surface area contributed by atoms with Gasteiger partial charge in [0.05, 0.1) is 12.0 Å². The lowest BCUT2D eigenvalue weighted by Gasteiger charge is -2.23. The summed E-state index contributed by atoms with van der Waals surface area (Å²) < 4.78 is 13.5. The van der Waals surface area contributed by atoms with Crippen LogP contribution < -0.4 is 0 Å². The monoisotopic (exact) mass is 226 g/mol. The van der Waals surface area contributed by atoms with Crippen molar-refractivity contribution in [2.45, 2.75) is 25.9 Å². The van der Waals surface area contributed by atoms with Crippen LogP contribution in [-0.4, -0.2) is 22.3 Å². The van der Waals surface area contributed by atoms with Gasteiger partial charge in [-0.25, -0.2) is 4.39 Å². The Hall–Kier alpha value is -1.42. The first-order chi connectivity index (χ1) is 7.45.